The molecule has 0 saturated carbocycles. The maximum Gasteiger partial charge on any atom is 0.251 e. The maximum atomic E-state index is 11.7. The van der Waals surface area contributed by atoms with Gasteiger partial charge in [0.05, 0.1) is 0 Å². The molecule has 4 nitrogen and oxygen atoms in total. The number of carbonyl (C=O) groups is 1. The summed E-state index contributed by atoms with van der Waals surface area (Å²) in [6.07, 6.45) is 0.993. The molecule has 1 amide bonds. The quantitative estimate of drug-likeness (QED) is 0.671. The lowest BCUT2D eigenvalue weighted by Gasteiger charge is -2.17. The minimum absolute atomic E-state index is 0.0354. The van der Waals surface area contributed by atoms with Crippen molar-refractivity contribution in [2.75, 3.05) is 19.6 Å². The Morgan fingerprint density at radius 3 is 3.12 bits per heavy atom. The first-order chi connectivity index (χ1) is 7.81. The van der Waals surface area contributed by atoms with Gasteiger partial charge in [-0.15, -0.1) is 0 Å². The van der Waals surface area contributed by atoms with Gasteiger partial charge in [-0.05, 0) is 36.2 Å². The molecule has 0 atom stereocenters. The molecule has 4 N–H and O–H groups in total. The van der Waals surface area contributed by atoms with E-state index >= 15 is 0 Å². The van der Waals surface area contributed by atoms with Crippen molar-refractivity contribution in [1.82, 2.24) is 10.6 Å². The summed E-state index contributed by atoms with van der Waals surface area (Å²) in [5.41, 5.74) is 8.64. The van der Waals surface area contributed by atoms with Gasteiger partial charge in [0, 0.05) is 25.2 Å². The third kappa shape index (κ3) is 2.40. The number of hydrogen-bond donors (Lipinski definition) is 3. The van der Waals surface area contributed by atoms with Crippen molar-refractivity contribution in [3.05, 3.63) is 34.9 Å². The number of amides is 1. The topological polar surface area (TPSA) is 67.1 Å². The van der Waals surface area contributed by atoms with Crippen molar-refractivity contribution in [2.45, 2.75) is 13.0 Å². The first-order valence-electron chi connectivity index (χ1n) is 5.62. The van der Waals surface area contributed by atoms with Crippen LogP contribution in [0.2, 0.25) is 0 Å². The van der Waals surface area contributed by atoms with Gasteiger partial charge in [-0.1, -0.05) is 6.07 Å². The van der Waals surface area contributed by atoms with E-state index in [1.165, 1.54) is 11.1 Å². The maximum absolute atomic E-state index is 11.7. The molecule has 0 unspecified atom stereocenters. The smallest absolute Gasteiger partial charge is 0.251 e. The summed E-state index contributed by atoms with van der Waals surface area (Å²) < 4.78 is 0. The predicted octanol–water partition coefficient (Wildman–Crippen LogP) is 0.0208. The van der Waals surface area contributed by atoms with Crippen molar-refractivity contribution >= 4 is 5.91 Å². The number of benzene rings is 1. The first kappa shape index (κ1) is 11.1. The van der Waals surface area contributed by atoms with Crippen molar-refractivity contribution in [1.29, 1.82) is 0 Å². The van der Waals surface area contributed by atoms with E-state index in [1.807, 2.05) is 18.2 Å². The van der Waals surface area contributed by atoms with Crippen LogP contribution in [0.25, 0.3) is 0 Å². The van der Waals surface area contributed by atoms with Gasteiger partial charge in [-0.25, -0.2) is 0 Å². The summed E-state index contributed by atoms with van der Waals surface area (Å²) in [5, 5.41) is 6.08. The molecule has 2 rings (SSSR count). The van der Waals surface area contributed by atoms with E-state index in [1.54, 1.807) is 0 Å². The fourth-order valence-electron chi connectivity index (χ4n) is 1.91. The Balaban J connectivity index is 2.13. The molecule has 0 aromatic heterocycles. The van der Waals surface area contributed by atoms with E-state index < -0.39 is 0 Å². The number of hydrogen-bond acceptors (Lipinski definition) is 3. The van der Waals surface area contributed by atoms with Crippen LogP contribution in [0, 0.1) is 0 Å². The summed E-state index contributed by atoms with van der Waals surface area (Å²) in [6, 6.07) is 5.89. The van der Waals surface area contributed by atoms with Gasteiger partial charge >= 0.3 is 0 Å². The summed E-state index contributed by atoms with van der Waals surface area (Å²) >= 11 is 0. The minimum Gasteiger partial charge on any atom is -0.351 e. The Kier molecular flexibility index (Phi) is 3.54. The number of nitrogens with two attached hydrogens (primary N) is 1. The third-order valence-electron chi connectivity index (χ3n) is 2.78. The molecule has 0 radical (unpaired) electrons. The Hall–Kier alpha value is -1.39. The van der Waals surface area contributed by atoms with E-state index in [4.69, 9.17) is 5.73 Å². The standard InChI is InChI=1S/C12H17N3O/c13-4-6-15-12(16)10-1-2-11-8-14-5-3-9(11)7-10/h1-2,7,14H,3-6,8,13H2,(H,15,16). The molecule has 1 aliphatic rings. The fraction of sp³-hybridized carbons (Fsp3) is 0.417. The first-order valence-corrected chi connectivity index (χ1v) is 5.62. The number of carbonyl (C=O) groups excluding carboxylic acids is 1. The lowest BCUT2D eigenvalue weighted by Crippen LogP contribution is -2.29. The highest BCUT2D eigenvalue weighted by Gasteiger charge is 2.11. The Morgan fingerprint density at radius 2 is 2.31 bits per heavy atom. The van der Waals surface area contributed by atoms with E-state index in [0.29, 0.717) is 13.1 Å². The monoisotopic (exact) mass is 219 g/mol. The van der Waals surface area contributed by atoms with Crippen LogP contribution in [-0.4, -0.2) is 25.5 Å². The second-order valence-corrected chi connectivity index (χ2v) is 3.95. The lowest BCUT2D eigenvalue weighted by atomic mass is 9.98. The molecule has 0 aliphatic carbocycles. The van der Waals surface area contributed by atoms with Crippen LogP contribution in [0.4, 0.5) is 0 Å². The van der Waals surface area contributed by atoms with Gasteiger partial charge in [0.25, 0.3) is 5.91 Å². The van der Waals surface area contributed by atoms with Gasteiger partial charge in [-0.3, -0.25) is 4.79 Å². The van der Waals surface area contributed by atoms with E-state index in [2.05, 4.69) is 10.6 Å². The normalized spacial score (nSPS) is 14.3. The molecule has 0 saturated heterocycles. The molecular formula is C12H17N3O. The zero-order valence-electron chi connectivity index (χ0n) is 9.25. The molecule has 0 spiro atoms. The Labute approximate surface area is 95.2 Å². The van der Waals surface area contributed by atoms with Gasteiger partial charge in [0.15, 0.2) is 0 Å². The number of fused-ring (bicyclic) bond motifs is 1. The van der Waals surface area contributed by atoms with Crippen LogP contribution in [0.15, 0.2) is 18.2 Å². The Bertz CT molecular complexity index is 390. The summed E-state index contributed by atoms with van der Waals surface area (Å²) in [7, 11) is 0. The van der Waals surface area contributed by atoms with Crippen LogP contribution >= 0.6 is 0 Å². The second-order valence-electron chi connectivity index (χ2n) is 3.95. The highest BCUT2D eigenvalue weighted by atomic mass is 16.1. The van der Waals surface area contributed by atoms with E-state index in [-0.39, 0.29) is 5.91 Å². The largest absolute Gasteiger partial charge is 0.351 e. The SMILES string of the molecule is NCCNC(=O)c1ccc2c(c1)CCNC2. The van der Waals surface area contributed by atoms with Crippen molar-refractivity contribution in [2.24, 2.45) is 5.73 Å². The number of nitrogens with one attached hydrogen (secondary N) is 2. The zero-order valence-corrected chi connectivity index (χ0v) is 9.25. The highest BCUT2D eigenvalue weighted by molar-refractivity contribution is 5.94. The number of rotatable bonds is 3. The summed E-state index contributed by atoms with van der Waals surface area (Å²) in [5.74, 6) is -0.0354. The van der Waals surface area contributed by atoms with E-state index in [0.717, 1.165) is 25.1 Å². The highest BCUT2D eigenvalue weighted by Crippen LogP contribution is 2.15. The lowest BCUT2D eigenvalue weighted by molar-refractivity contribution is 0.0954. The van der Waals surface area contributed by atoms with Crippen molar-refractivity contribution in [3.63, 3.8) is 0 Å². The molecule has 4 heteroatoms. The average molecular weight is 219 g/mol. The molecule has 16 heavy (non-hydrogen) atoms. The summed E-state index contributed by atoms with van der Waals surface area (Å²) in [6.45, 7) is 2.89. The molecular weight excluding hydrogens is 202 g/mol. The summed E-state index contributed by atoms with van der Waals surface area (Å²) in [4.78, 5) is 11.7. The molecule has 1 heterocycles. The van der Waals surface area contributed by atoms with Crippen LogP contribution in [0.1, 0.15) is 21.5 Å². The molecule has 86 valence electrons. The molecule has 1 aromatic rings. The van der Waals surface area contributed by atoms with Crippen LogP contribution in [0.3, 0.4) is 0 Å². The van der Waals surface area contributed by atoms with Gasteiger partial charge in [0.2, 0.25) is 0 Å². The molecule has 0 bridgehead atoms. The van der Waals surface area contributed by atoms with Crippen LogP contribution in [0.5, 0.6) is 0 Å². The van der Waals surface area contributed by atoms with Crippen LogP contribution in [-0.2, 0) is 13.0 Å². The Morgan fingerprint density at radius 1 is 1.44 bits per heavy atom. The van der Waals surface area contributed by atoms with Gasteiger partial charge in [-0.2, -0.15) is 0 Å². The third-order valence-corrected chi connectivity index (χ3v) is 2.78. The fourth-order valence-corrected chi connectivity index (χ4v) is 1.91. The predicted molar refractivity (Wildman–Crippen MR) is 63.2 cm³/mol. The molecule has 0 fully saturated rings. The second kappa shape index (κ2) is 5.09. The van der Waals surface area contributed by atoms with Crippen LogP contribution < -0.4 is 16.4 Å². The van der Waals surface area contributed by atoms with Gasteiger partial charge < -0.3 is 16.4 Å². The average Bonchev–Trinajstić information content (AvgIpc) is 2.35. The zero-order chi connectivity index (χ0) is 11.4. The van der Waals surface area contributed by atoms with Crippen molar-refractivity contribution < 1.29 is 4.79 Å². The van der Waals surface area contributed by atoms with E-state index in [9.17, 15) is 4.79 Å². The minimum atomic E-state index is -0.0354. The van der Waals surface area contributed by atoms with Gasteiger partial charge in [0.1, 0.15) is 0 Å². The van der Waals surface area contributed by atoms with Crippen molar-refractivity contribution in [3.8, 4) is 0 Å². The molecule has 1 aromatic carbocycles. The molecule has 1 aliphatic heterocycles.